The van der Waals surface area contributed by atoms with Gasteiger partial charge >= 0.3 is 0 Å². The van der Waals surface area contributed by atoms with Gasteiger partial charge in [-0.25, -0.2) is 0 Å². The van der Waals surface area contributed by atoms with Crippen LogP contribution in [0.25, 0.3) is 43.8 Å². The summed E-state index contributed by atoms with van der Waals surface area (Å²) in [6, 6.07) is 65.2. The van der Waals surface area contributed by atoms with Gasteiger partial charge in [0.2, 0.25) is 0 Å². The van der Waals surface area contributed by atoms with E-state index >= 15 is 0 Å². The minimum Gasteiger partial charge on any atom is -0.311 e. The van der Waals surface area contributed by atoms with Gasteiger partial charge in [0.15, 0.2) is 0 Å². The second kappa shape index (κ2) is 14.4. The highest BCUT2D eigenvalue weighted by molar-refractivity contribution is 7.00. The first kappa shape index (κ1) is 37.1. The van der Waals surface area contributed by atoms with Crippen LogP contribution in [0.4, 0.5) is 34.1 Å². The topological polar surface area (TPSA) is 102 Å². The van der Waals surface area contributed by atoms with Crippen LogP contribution in [0.2, 0.25) is 0 Å². The van der Waals surface area contributed by atoms with Gasteiger partial charge in [0, 0.05) is 34.1 Å². The number of fused-ring (bicyclic) bond motifs is 6. The van der Waals surface area contributed by atoms with Crippen molar-refractivity contribution in [3.05, 3.63) is 197 Å². The maximum atomic E-state index is 10.3. The summed E-state index contributed by atoms with van der Waals surface area (Å²) < 4.78 is 0. The Morgan fingerprint density at radius 3 is 1.19 bits per heavy atom. The van der Waals surface area contributed by atoms with Crippen LogP contribution >= 0.6 is 0 Å². The number of aryl methyl sites for hydroxylation is 2. The second-order valence-electron chi connectivity index (χ2n) is 16.4. The van der Waals surface area contributed by atoms with Crippen molar-refractivity contribution in [2.45, 2.75) is 13.8 Å². The van der Waals surface area contributed by atoms with Crippen molar-refractivity contribution in [3.63, 3.8) is 0 Å². The summed E-state index contributed by atoms with van der Waals surface area (Å²) in [6.07, 6.45) is 0. The number of nitriles is 4. The van der Waals surface area contributed by atoms with Crippen LogP contribution in [0.5, 0.6) is 0 Å². The molecule has 0 radical (unpaired) electrons. The molecule has 0 aromatic heterocycles. The summed E-state index contributed by atoms with van der Waals surface area (Å²) in [5, 5.41) is 45.6. The summed E-state index contributed by atoms with van der Waals surface area (Å²) in [4.78, 5) is 4.45. The van der Waals surface area contributed by atoms with Crippen LogP contribution in [-0.2, 0) is 0 Å². The second-order valence-corrected chi connectivity index (χ2v) is 16.4. The Labute approximate surface area is 365 Å². The zero-order valence-electron chi connectivity index (χ0n) is 34.3. The number of anilines is 6. The third-order valence-electron chi connectivity index (χ3n) is 12.6. The maximum Gasteiger partial charge on any atom is 0.252 e. The quantitative estimate of drug-likeness (QED) is 0.164. The van der Waals surface area contributed by atoms with Crippen LogP contribution in [0.1, 0.15) is 33.4 Å². The summed E-state index contributed by atoms with van der Waals surface area (Å²) in [6.45, 7) is 4.07. The van der Waals surface area contributed by atoms with E-state index < -0.39 is 0 Å². The third-order valence-corrected chi connectivity index (χ3v) is 12.6. The molecule has 0 saturated heterocycles. The van der Waals surface area contributed by atoms with Gasteiger partial charge in [-0.3, -0.25) is 0 Å². The van der Waals surface area contributed by atoms with E-state index in [1.54, 1.807) is 12.1 Å². The highest BCUT2D eigenvalue weighted by atomic mass is 15.2. The highest BCUT2D eigenvalue weighted by Gasteiger charge is 2.44. The molecule has 0 bridgehead atoms. The van der Waals surface area contributed by atoms with Crippen LogP contribution in [0.3, 0.4) is 0 Å². The van der Waals surface area contributed by atoms with Crippen molar-refractivity contribution in [1.29, 1.82) is 21.0 Å². The van der Waals surface area contributed by atoms with Gasteiger partial charge in [-0.1, -0.05) is 103 Å². The molecule has 2 heterocycles. The molecule has 0 saturated carbocycles. The molecule has 2 aliphatic heterocycles. The van der Waals surface area contributed by atoms with E-state index in [2.05, 4.69) is 157 Å². The molecule has 11 rings (SSSR count). The molecule has 0 unspecified atom stereocenters. The number of nitrogens with zero attached hydrogens (tertiary/aromatic N) is 6. The normalized spacial score (nSPS) is 12.1. The molecule has 9 aromatic carbocycles. The largest absolute Gasteiger partial charge is 0.311 e. The lowest BCUT2D eigenvalue weighted by Gasteiger charge is -2.45. The van der Waals surface area contributed by atoms with E-state index in [1.165, 1.54) is 0 Å². The molecule has 2 aliphatic rings. The first-order valence-electron chi connectivity index (χ1n) is 20.8. The number of rotatable bonds is 4. The Morgan fingerprint density at radius 2 is 0.778 bits per heavy atom. The number of hydrogen-bond acceptors (Lipinski definition) is 6. The standard InChI is InChI=1S/C56H33BN6/c1-34-16-45(40-10-4-3-5-11-40)17-35(2)55(34)46-28-53-56-54(29-46)63(48-22-38(32-60)19-39(23-48)33-61)52-27-44-15-9-7-13-42(44)25-50(52)57(56)49-24-41-12-6-8-14-43(41)26-51(49)62(53)47-20-36(30-58)18-37(21-47)31-59/h3-29H,1-2H3. The molecule has 63 heavy (non-hydrogen) atoms. The van der Waals surface area contributed by atoms with Crippen molar-refractivity contribution >= 4 is 78.8 Å². The minimum atomic E-state index is -0.248. The van der Waals surface area contributed by atoms with Crippen molar-refractivity contribution < 1.29 is 0 Å². The zero-order valence-corrected chi connectivity index (χ0v) is 34.3. The molecule has 9 aromatic rings. The molecule has 0 fully saturated rings. The predicted octanol–water partition coefficient (Wildman–Crippen LogP) is 11.5. The van der Waals surface area contributed by atoms with Crippen molar-refractivity contribution in [3.8, 4) is 46.5 Å². The van der Waals surface area contributed by atoms with Crippen LogP contribution < -0.4 is 26.2 Å². The minimum absolute atomic E-state index is 0.248. The maximum absolute atomic E-state index is 10.3. The Kier molecular flexibility index (Phi) is 8.49. The fourth-order valence-corrected chi connectivity index (χ4v) is 10.0. The van der Waals surface area contributed by atoms with Gasteiger partial charge in [-0.2, -0.15) is 21.0 Å². The van der Waals surface area contributed by atoms with Gasteiger partial charge < -0.3 is 9.80 Å². The van der Waals surface area contributed by atoms with Crippen molar-refractivity contribution in [1.82, 2.24) is 0 Å². The van der Waals surface area contributed by atoms with E-state index in [1.807, 2.05) is 42.5 Å². The van der Waals surface area contributed by atoms with Crippen molar-refractivity contribution in [2.75, 3.05) is 9.80 Å². The molecule has 0 amide bonds. The fourth-order valence-electron chi connectivity index (χ4n) is 10.0. The molecular formula is C56H33BN6. The van der Waals surface area contributed by atoms with Gasteiger partial charge in [-0.15, -0.1) is 0 Å². The Balaban J connectivity index is 1.31. The molecule has 0 spiro atoms. The molecule has 7 heteroatoms. The SMILES string of the molecule is Cc1cc(-c2ccccc2)cc(C)c1-c1cc2c3c(c1)N(c1cc(C#N)cc(C#N)c1)c1cc4ccccc4cc1B3c1cc3ccccc3cc1N2c1cc(C#N)cc(C#N)c1. The monoisotopic (exact) mass is 800 g/mol. The predicted molar refractivity (Wildman–Crippen MR) is 255 cm³/mol. The number of benzene rings is 9. The summed E-state index contributed by atoms with van der Waals surface area (Å²) in [7, 11) is 0. The molecule has 0 atom stereocenters. The molecule has 290 valence electrons. The van der Waals surface area contributed by atoms with Crippen LogP contribution in [-0.4, -0.2) is 6.71 Å². The smallest absolute Gasteiger partial charge is 0.252 e. The summed E-state index contributed by atoms with van der Waals surface area (Å²) in [5.74, 6) is 0. The first-order chi connectivity index (χ1) is 30.8. The summed E-state index contributed by atoms with van der Waals surface area (Å²) >= 11 is 0. The number of hydrogen-bond donors (Lipinski definition) is 0. The summed E-state index contributed by atoms with van der Waals surface area (Å²) in [5.41, 5.74) is 16.4. The lowest BCUT2D eigenvalue weighted by atomic mass is 9.33. The average Bonchev–Trinajstić information content (AvgIpc) is 3.32. The first-order valence-corrected chi connectivity index (χ1v) is 20.8. The van der Waals surface area contributed by atoms with Crippen LogP contribution in [0.15, 0.2) is 164 Å². The Hall–Kier alpha value is -8.88. The van der Waals surface area contributed by atoms with Gasteiger partial charge in [0.1, 0.15) is 0 Å². The van der Waals surface area contributed by atoms with E-state index in [9.17, 15) is 21.0 Å². The highest BCUT2D eigenvalue weighted by Crippen LogP contribution is 2.48. The Morgan fingerprint density at radius 1 is 0.381 bits per heavy atom. The molecule has 0 N–H and O–H groups in total. The Bertz CT molecular complexity index is 3340. The van der Waals surface area contributed by atoms with Gasteiger partial charge in [-0.05, 0) is 146 Å². The molecule has 6 nitrogen and oxygen atoms in total. The molecule has 0 aliphatic carbocycles. The third kappa shape index (κ3) is 5.92. The van der Waals surface area contributed by atoms with Crippen LogP contribution in [0, 0.1) is 59.2 Å². The lowest BCUT2D eigenvalue weighted by molar-refractivity contribution is 1.25. The zero-order chi connectivity index (χ0) is 42.9. The van der Waals surface area contributed by atoms with Gasteiger partial charge in [0.05, 0.1) is 46.5 Å². The van der Waals surface area contributed by atoms with Crippen molar-refractivity contribution in [2.24, 2.45) is 0 Å². The molecular weight excluding hydrogens is 767 g/mol. The average molecular weight is 801 g/mol. The van der Waals surface area contributed by atoms with Gasteiger partial charge in [0.25, 0.3) is 6.71 Å². The van der Waals surface area contributed by atoms with E-state index in [0.29, 0.717) is 33.6 Å². The lowest BCUT2D eigenvalue weighted by Crippen LogP contribution is -2.61. The van der Waals surface area contributed by atoms with E-state index in [0.717, 1.165) is 94.1 Å². The van der Waals surface area contributed by atoms with E-state index in [4.69, 9.17) is 0 Å². The fraction of sp³-hybridized carbons (Fsp3) is 0.0357. The van der Waals surface area contributed by atoms with E-state index in [-0.39, 0.29) is 6.71 Å².